The average Bonchev–Trinajstić information content (AvgIpc) is 2.85. The number of benzene rings is 2. The Kier molecular flexibility index (Phi) is 5.66. The second-order valence-electron chi connectivity index (χ2n) is 8.78. The molecule has 0 unspecified atom stereocenters. The van der Waals surface area contributed by atoms with Crippen LogP contribution in [0.1, 0.15) is 32.7 Å². The number of carboxylic acids is 1. The van der Waals surface area contributed by atoms with Gasteiger partial charge in [0.2, 0.25) is 0 Å². The predicted octanol–water partition coefficient (Wildman–Crippen LogP) is 2.89. The Bertz CT molecular complexity index is 1620. The van der Waals surface area contributed by atoms with Gasteiger partial charge < -0.3 is 9.67 Å². The number of fused-ring (bicyclic) bond motifs is 2. The van der Waals surface area contributed by atoms with Crippen molar-refractivity contribution in [2.45, 2.75) is 13.1 Å². The zero-order chi connectivity index (χ0) is 24.7. The summed E-state index contributed by atoms with van der Waals surface area (Å²) in [4.78, 5) is 44.4. The molecule has 35 heavy (non-hydrogen) atoms. The van der Waals surface area contributed by atoms with Crippen molar-refractivity contribution in [1.82, 2.24) is 19.0 Å². The first-order valence-electron chi connectivity index (χ1n) is 11.2. The van der Waals surface area contributed by atoms with E-state index in [0.29, 0.717) is 47.4 Å². The first-order chi connectivity index (χ1) is 16.8. The molecule has 0 saturated heterocycles. The lowest BCUT2D eigenvalue weighted by molar-refractivity contribution is 0.0696. The van der Waals surface area contributed by atoms with Crippen molar-refractivity contribution in [3.05, 3.63) is 110 Å². The number of hydrogen-bond acceptors (Lipinski definition) is 5. The first-order valence-corrected chi connectivity index (χ1v) is 11.2. The molecule has 0 radical (unpaired) electrons. The van der Waals surface area contributed by atoms with Crippen LogP contribution in [0.3, 0.4) is 0 Å². The van der Waals surface area contributed by atoms with E-state index < -0.39 is 17.2 Å². The molecule has 1 N–H and O–H groups in total. The van der Waals surface area contributed by atoms with Gasteiger partial charge in [-0.2, -0.15) is 0 Å². The van der Waals surface area contributed by atoms with E-state index in [1.54, 1.807) is 31.3 Å². The van der Waals surface area contributed by atoms with Gasteiger partial charge in [0.1, 0.15) is 0 Å². The highest BCUT2D eigenvalue weighted by atomic mass is 16.4. The third-order valence-corrected chi connectivity index (χ3v) is 6.34. The molecule has 0 saturated carbocycles. The fourth-order valence-corrected chi connectivity index (χ4v) is 4.70. The van der Waals surface area contributed by atoms with Gasteiger partial charge >= 0.3 is 11.7 Å². The fraction of sp³-hybridized carbons (Fsp3) is 0.185. The SMILES string of the molecule is Cn1cc(C=C2CN(Cc3ccccc3)Cc3c2nc2ccccc2c3C(=O)O)c(=O)n(C)c1=O. The van der Waals surface area contributed by atoms with Gasteiger partial charge in [0, 0.05) is 50.9 Å². The second-order valence-corrected chi connectivity index (χ2v) is 8.78. The molecule has 8 heteroatoms. The Morgan fingerprint density at radius 1 is 1.03 bits per heavy atom. The summed E-state index contributed by atoms with van der Waals surface area (Å²) in [6, 6.07) is 17.1. The molecule has 2 aromatic carbocycles. The number of aryl methyl sites for hydroxylation is 1. The highest BCUT2D eigenvalue weighted by Gasteiger charge is 2.29. The predicted molar refractivity (Wildman–Crippen MR) is 134 cm³/mol. The molecule has 1 aliphatic heterocycles. The lowest BCUT2D eigenvalue weighted by Gasteiger charge is -2.31. The molecule has 8 nitrogen and oxygen atoms in total. The minimum Gasteiger partial charge on any atom is -0.478 e. The largest absolute Gasteiger partial charge is 0.478 e. The Hall–Kier alpha value is -4.30. The van der Waals surface area contributed by atoms with Gasteiger partial charge in [-0.25, -0.2) is 14.6 Å². The molecule has 176 valence electrons. The monoisotopic (exact) mass is 468 g/mol. The van der Waals surface area contributed by atoms with Crippen LogP contribution in [0, 0.1) is 0 Å². The summed E-state index contributed by atoms with van der Waals surface area (Å²) < 4.78 is 2.42. The standard InChI is InChI=1S/C27H24N4O4/c1-29-14-19(25(32)30(2)27(29)35)12-18-15-31(13-17-8-4-3-5-9-17)16-21-23(26(33)34)20-10-6-7-11-22(20)28-24(18)21/h3-12,14H,13,15-16H2,1-2H3,(H,33,34). The van der Waals surface area contributed by atoms with Crippen LogP contribution in [0.25, 0.3) is 22.6 Å². The molecule has 0 aliphatic carbocycles. The van der Waals surface area contributed by atoms with Crippen LogP contribution in [0.2, 0.25) is 0 Å². The molecule has 1 aliphatic rings. The van der Waals surface area contributed by atoms with Crippen LogP contribution in [-0.4, -0.2) is 36.6 Å². The minimum atomic E-state index is -1.02. The van der Waals surface area contributed by atoms with Gasteiger partial charge in [-0.05, 0) is 23.3 Å². The van der Waals surface area contributed by atoms with E-state index in [-0.39, 0.29) is 5.56 Å². The molecule has 0 bridgehead atoms. The summed E-state index contributed by atoms with van der Waals surface area (Å²) in [5.74, 6) is -1.02. The van der Waals surface area contributed by atoms with Crippen LogP contribution in [-0.2, 0) is 27.2 Å². The van der Waals surface area contributed by atoms with Crippen molar-refractivity contribution in [3.63, 3.8) is 0 Å². The maximum absolute atomic E-state index is 12.9. The summed E-state index contributed by atoms with van der Waals surface area (Å²) in [5.41, 5.74) is 3.33. The normalized spacial score (nSPS) is 14.9. The zero-order valence-electron chi connectivity index (χ0n) is 19.4. The van der Waals surface area contributed by atoms with E-state index in [9.17, 15) is 19.5 Å². The smallest absolute Gasteiger partial charge is 0.336 e. The first kappa shape index (κ1) is 22.5. The third kappa shape index (κ3) is 4.08. The van der Waals surface area contributed by atoms with Crippen molar-refractivity contribution in [3.8, 4) is 0 Å². The summed E-state index contributed by atoms with van der Waals surface area (Å²) in [6.45, 7) is 1.49. The number of nitrogens with zero attached hydrogens (tertiary/aromatic N) is 4. The van der Waals surface area contributed by atoms with Crippen molar-refractivity contribution in [1.29, 1.82) is 0 Å². The summed E-state index contributed by atoms with van der Waals surface area (Å²) in [5, 5.41) is 10.8. The van der Waals surface area contributed by atoms with E-state index in [2.05, 4.69) is 4.90 Å². The van der Waals surface area contributed by atoms with Crippen LogP contribution >= 0.6 is 0 Å². The van der Waals surface area contributed by atoms with Crippen molar-refractivity contribution >= 4 is 28.5 Å². The van der Waals surface area contributed by atoms with E-state index in [1.807, 2.05) is 36.4 Å². The minimum absolute atomic E-state index is 0.225. The summed E-state index contributed by atoms with van der Waals surface area (Å²) >= 11 is 0. The Labute approximate surface area is 201 Å². The highest BCUT2D eigenvalue weighted by molar-refractivity contribution is 6.06. The fourth-order valence-electron chi connectivity index (χ4n) is 4.70. The van der Waals surface area contributed by atoms with E-state index in [4.69, 9.17) is 4.98 Å². The second kappa shape index (κ2) is 8.81. The van der Waals surface area contributed by atoms with Crippen LogP contribution in [0.5, 0.6) is 0 Å². The van der Waals surface area contributed by atoms with Crippen LogP contribution in [0.15, 0.2) is 70.4 Å². The maximum Gasteiger partial charge on any atom is 0.336 e. The molecule has 0 spiro atoms. The topological polar surface area (TPSA) is 97.4 Å². The maximum atomic E-state index is 12.9. The molecule has 0 fully saturated rings. The van der Waals surface area contributed by atoms with Crippen LogP contribution < -0.4 is 11.2 Å². The summed E-state index contributed by atoms with van der Waals surface area (Å²) in [6.07, 6.45) is 3.23. The number of pyridine rings is 1. The van der Waals surface area contributed by atoms with Gasteiger partial charge in [-0.3, -0.25) is 14.3 Å². The van der Waals surface area contributed by atoms with Gasteiger partial charge in [0.05, 0.1) is 22.3 Å². The molecule has 5 rings (SSSR count). The molecular weight excluding hydrogens is 444 g/mol. The molecule has 4 aromatic rings. The van der Waals surface area contributed by atoms with Crippen LogP contribution in [0.4, 0.5) is 0 Å². The molecule has 2 aromatic heterocycles. The molecule has 3 heterocycles. The number of aromatic carboxylic acids is 1. The van der Waals surface area contributed by atoms with Gasteiger partial charge in [-0.15, -0.1) is 0 Å². The van der Waals surface area contributed by atoms with Gasteiger partial charge in [0.15, 0.2) is 0 Å². The average molecular weight is 469 g/mol. The highest BCUT2D eigenvalue weighted by Crippen LogP contribution is 2.34. The molecule has 0 atom stereocenters. The van der Waals surface area contributed by atoms with E-state index >= 15 is 0 Å². The van der Waals surface area contributed by atoms with Gasteiger partial charge in [-0.1, -0.05) is 48.5 Å². The zero-order valence-corrected chi connectivity index (χ0v) is 19.4. The number of rotatable bonds is 4. The van der Waals surface area contributed by atoms with E-state index in [0.717, 1.165) is 15.7 Å². The molecule has 0 amide bonds. The van der Waals surface area contributed by atoms with Gasteiger partial charge in [0.25, 0.3) is 5.56 Å². The number of hydrogen-bond donors (Lipinski definition) is 1. The molecular formula is C27H24N4O4. The quantitative estimate of drug-likeness (QED) is 0.495. The number of aromatic nitrogens is 3. The summed E-state index contributed by atoms with van der Waals surface area (Å²) in [7, 11) is 3.03. The Balaban J connectivity index is 1.74. The number of carbonyl (C=O) groups is 1. The third-order valence-electron chi connectivity index (χ3n) is 6.34. The van der Waals surface area contributed by atoms with E-state index in [1.165, 1.54) is 17.8 Å². The number of para-hydroxylation sites is 1. The van der Waals surface area contributed by atoms with Crippen molar-refractivity contribution < 1.29 is 9.90 Å². The van der Waals surface area contributed by atoms with Crippen molar-refractivity contribution in [2.75, 3.05) is 6.54 Å². The lowest BCUT2D eigenvalue weighted by atomic mass is 9.92. The lowest BCUT2D eigenvalue weighted by Crippen LogP contribution is -2.38. The Morgan fingerprint density at radius 2 is 1.74 bits per heavy atom. The van der Waals surface area contributed by atoms with Crippen molar-refractivity contribution in [2.24, 2.45) is 14.1 Å². The number of carboxylic acid groups (broad SMARTS) is 1. The Morgan fingerprint density at radius 3 is 2.49 bits per heavy atom.